The molecule has 0 fully saturated rings. The van der Waals surface area contributed by atoms with Crippen LogP contribution in [-0.2, 0) is 4.79 Å². The van der Waals surface area contributed by atoms with Gasteiger partial charge in [0, 0.05) is 10.0 Å². The molecule has 1 aliphatic heterocycles. The molecule has 5 nitrogen and oxygen atoms in total. The summed E-state index contributed by atoms with van der Waals surface area (Å²) in [5, 5.41) is 14.4. The zero-order valence-electron chi connectivity index (χ0n) is 8.91. The summed E-state index contributed by atoms with van der Waals surface area (Å²) in [6.45, 7) is 0. The molecule has 1 atom stereocenters. The predicted octanol–water partition coefficient (Wildman–Crippen LogP) is 2.32. The summed E-state index contributed by atoms with van der Waals surface area (Å²) in [6, 6.07) is 3.59. The van der Waals surface area contributed by atoms with Gasteiger partial charge in [0.25, 0.3) is 0 Å². The first-order valence-corrected chi connectivity index (χ1v) is 5.70. The second-order valence-electron chi connectivity index (χ2n) is 3.63. The number of amides is 2. The second-order valence-corrected chi connectivity index (χ2v) is 4.47. The van der Waals surface area contributed by atoms with E-state index in [1.807, 2.05) is 0 Å². The Morgan fingerprint density at radius 1 is 1.33 bits per heavy atom. The Kier molecular flexibility index (Phi) is 3.45. The average molecular weight is 287 g/mol. The Morgan fingerprint density at radius 2 is 2.06 bits per heavy atom. The molecule has 0 bridgehead atoms. The third-order valence-corrected chi connectivity index (χ3v) is 2.96. The van der Waals surface area contributed by atoms with Gasteiger partial charge in [0.15, 0.2) is 0 Å². The molecule has 18 heavy (non-hydrogen) atoms. The Labute approximate surface area is 112 Å². The lowest BCUT2D eigenvalue weighted by Crippen LogP contribution is -2.43. The van der Waals surface area contributed by atoms with Crippen LogP contribution in [0.1, 0.15) is 11.6 Å². The van der Waals surface area contributed by atoms with Crippen LogP contribution in [0.4, 0.5) is 4.79 Å². The van der Waals surface area contributed by atoms with Crippen LogP contribution in [0.3, 0.4) is 0 Å². The van der Waals surface area contributed by atoms with E-state index < -0.39 is 18.0 Å². The van der Waals surface area contributed by atoms with E-state index in [1.165, 1.54) is 12.1 Å². The molecule has 0 spiro atoms. The molecule has 1 aromatic rings. The lowest BCUT2D eigenvalue weighted by molar-refractivity contribution is -0.133. The molecule has 0 radical (unpaired) electrons. The maximum atomic E-state index is 11.3. The Balaban J connectivity index is 2.40. The molecule has 0 unspecified atom stereocenters. The van der Waals surface area contributed by atoms with Gasteiger partial charge in [-0.3, -0.25) is 0 Å². The number of hydrogen-bond acceptors (Lipinski definition) is 2. The minimum absolute atomic E-state index is 0.185. The number of carboxylic acids is 1. The summed E-state index contributed by atoms with van der Waals surface area (Å²) < 4.78 is 0. The highest BCUT2D eigenvalue weighted by atomic mass is 35.5. The van der Waals surface area contributed by atoms with Crippen LogP contribution in [0.5, 0.6) is 0 Å². The lowest BCUT2D eigenvalue weighted by Gasteiger charge is -2.23. The van der Waals surface area contributed by atoms with Crippen molar-refractivity contribution in [3.63, 3.8) is 0 Å². The van der Waals surface area contributed by atoms with Crippen molar-refractivity contribution in [2.45, 2.75) is 6.04 Å². The quantitative estimate of drug-likeness (QED) is 0.781. The molecule has 1 heterocycles. The SMILES string of the molecule is O=C1NC(C(=O)O)=C[C@@H](c2ccc(Cl)cc2Cl)N1. The molecule has 2 rings (SSSR count). The fourth-order valence-corrected chi connectivity index (χ4v) is 2.12. The number of carbonyl (C=O) groups is 2. The minimum Gasteiger partial charge on any atom is -0.477 e. The van der Waals surface area contributed by atoms with E-state index in [0.29, 0.717) is 15.6 Å². The standard InChI is InChI=1S/C11H8Cl2N2O3/c12-5-1-2-6(7(13)3-5)8-4-9(10(16)17)15-11(18)14-8/h1-4,8H,(H,16,17)(H2,14,15,18)/t8-/m0/s1. The molecule has 1 aromatic carbocycles. The Hall–Kier alpha value is -1.72. The molecule has 2 amide bonds. The van der Waals surface area contributed by atoms with Crippen LogP contribution in [0.25, 0.3) is 0 Å². The van der Waals surface area contributed by atoms with E-state index in [9.17, 15) is 9.59 Å². The fourth-order valence-electron chi connectivity index (χ4n) is 1.60. The van der Waals surface area contributed by atoms with E-state index in [4.69, 9.17) is 28.3 Å². The van der Waals surface area contributed by atoms with Gasteiger partial charge in [-0.25, -0.2) is 9.59 Å². The number of nitrogens with one attached hydrogen (secondary N) is 2. The third-order valence-electron chi connectivity index (χ3n) is 2.40. The average Bonchev–Trinajstić information content (AvgIpc) is 2.27. The Morgan fingerprint density at radius 3 is 2.67 bits per heavy atom. The van der Waals surface area contributed by atoms with Crippen LogP contribution < -0.4 is 10.6 Å². The van der Waals surface area contributed by atoms with Gasteiger partial charge in [-0.2, -0.15) is 0 Å². The number of carbonyl (C=O) groups excluding carboxylic acids is 1. The van der Waals surface area contributed by atoms with Crippen molar-refractivity contribution >= 4 is 35.2 Å². The number of urea groups is 1. The number of carboxylic acid groups (broad SMARTS) is 1. The lowest BCUT2D eigenvalue weighted by atomic mass is 10.0. The maximum absolute atomic E-state index is 11.3. The van der Waals surface area contributed by atoms with Gasteiger partial charge in [-0.15, -0.1) is 0 Å². The summed E-state index contributed by atoms with van der Waals surface area (Å²) >= 11 is 11.8. The second kappa shape index (κ2) is 4.88. The number of rotatable bonds is 2. The molecule has 94 valence electrons. The van der Waals surface area contributed by atoms with Crippen LogP contribution in [0.2, 0.25) is 10.0 Å². The van der Waals surface area contributed by atoms with Gasteiger partial charge in [0.05, 0.1) is 6.04 Å². The van der Waals surface area contributed by atoms with E-state index in [0.717, 1.165) is 0 Å². The number of halogens is 2. The molecule has 0 saturated heterocycles. The van der Waals surface area contributed by atoms with Gasteiger partial charge in [-0.1, -0.05) is 29.3 Å². The van der Waals surface area contributed by atoms with Crippen LogP contribution >= 0.6 is 23.2 Å². The summed E-state index contributed by atoms with van der Waals surface area (Å²) in [5.41, 5.74) is 0.393. The smallest absolute Gasteiger partial charge is 0.352 e. The summed E-state index contributed by atoms with van der Waals surface area (Å²) in [5.74, 6) is -1.21. The van der Waals surface area contributed by atoms with Gasteiger partial charge in [0.2, 0.25) is 0 Å². The molecule has 0 aliphatic carbocycles. The van der Waals surface area contributed by atoms with Crippen molar-refractivity contribution in [1.82, 2.24) is 10.6 Å². The summed E-state index contributed by atoms with van der Waals surface area (Å²) in [7, 11) is 0. The number of aliphatic carboxylic acids is 1. The molecule has 0 saturated carbocycles. The first-order chi connectivity index (χ1) is 8.47. The fraction of sp³-hybridized carbons (Fsp3) is 0.0909. The largest absolute Gasteiger partial charge is 0.477 e. The minimum atomic E-state index is -1.21. The van der Waals surface area contributed by atoms with Crippen molar-refractivity contribution in [1.29, 1.82) is 0 Å². The third kappa shape index (κ3) is 2.57. The van der Waals surface area contributed by atoms with Crippen LogP contribution in [0, 0.1) is 0 Å². The highest BCUT2D eigenvalue weighted by Gasteiger charge is 2.24. The number of hydrogen-bond donors (Lipinski definition) is 3. The normalized spacial score (nSPS) is 18.7. The highest BCUT2D eigenvalue weighted by molar-refractivity contribution is 6.35. The number of benzene rings is 1. The van der Waals surface area contributed by atoms with Gasteiger partial charge in [0.1, 0.15) is 5.70 Å². The molecule has 7 heteroatoms. The van der Waals surface area contributed by atoms with E-state index in [-0.39, 0.29) is 5.70 Å². The monoisotopic (exact) mass is 286 g/mol. The van der Waals surface area contributed by atoms with Crippen molar-refractivity contribution < 1.29 is 14.7 Å². The van der Waals surface area contributed by atoms with Crippen molar-refractivity contribution in [3.05, 3.63) is 45.6 Å². The van der Waals surface area contributed by atoms with E-state index in [2.05, 4.69) is 10.6 Å². The maximum Gasteiger partial charge on any atom is 0.352 e. The predicted molar refractivity (Wildman–Crippen MR) is 66.6 cm³/mol. The zero-order valence-corrected chi connectivity index (χ0v) is 10.4. The molecule has 3 N–H and O–H groups in total. The topological polar surface area (TPSA) is 78.4 Å². The van der Waals surface area contributed by atoms with Crippen molar-refractivity contribution in [2.24, 2.45) is 0 Å². The molecular formula is C11H8Cl2N2O3. The van der Waals surface area contributed by atoms with Gasteiger partial charge in [-0.05, 0) is 23.8 Å². The zero-order chi connectivity index (χ0) is 13.3. The van der Waals surface area contributed by atoms with Gasteiger partial charge >= 0.3 is 12.0 Å². The van der Waals surface area contributed by atoms with Crippen molar-refractivity contribution in [2.75, 3.05) is 0 Å². The van der Waals surface area contributed by atoms with Crippen LogP contribution in [0.15, 0.2) is 30.0 Å². The first kappa shape index (κ1) is 12.7. The molecule has 1 aliphatic rings. The first-order valence-electron chi connectivity index (χ1n) is 4.95. The van der Waals surface area contributed by atoms with Crippen molar-refractivity contribution in [3.8, 4) is 0 Å². The van der Waals surface area contributed by atoms with Crippen LogP contribution in [-0.4, -0.2) is 17.1 Å². The highest BCUT2D eigenvalue weighted by Crippen LogP contribution is 2.28. The van der Waals surface area contributed by atoms with E-state index >= 15 is 0 Å². The van der Waals surface area contributed by atoms with Gasteiger partial charge < -0.3 is 15.7 Å². The molecule has 0 aromatic heterocycles. The molecular weight excluding hydrogens is 279 g/mol. The summed E-state index contributed by atoms with van der Waals surface area (Å²) in [4.78, 5) is 22.2. The summed E-state index contributed by atoms with van der Waals surface area (Å²) in [6.07, 6.45) is 1.37. The van der Waals surface area contributed by atoms with E-state index in [1.54, 1.807) is 12.1 Å². The Bertz CT molecular complexity index is 557.